The second-order valence-corrected chi connectivity index (χ2v) is 1.92. The van der Waals surface area contributed by atoms with Crippen LogP contribution in [0.5, 0.6) is 0 Å². The second kappa shape index (κ2) is 3.45. The maximum atomic E-state index is 10.3. The lowest BCUT2D eigenvalue weighted by Crippen LogP contribution is -2.35. The van der Waals surface area contributed by atoms with E-state index < -0.39 is 12.0 Å². The van der Waals surface area contributed by atoms with E-state index >= 15 is 0 Å². The van der Waals surface area contributed by atoms with Gasteiger partial charge in [-0.15, -0.1) is 0 Å². The predicted octanol–water partition coefficient (Wildman–Crippen LogP) is 0.411. The van der Waals surface area contributed by atoms with Gasteiger partial charge in [0.2, 0.25) is 0 Å². The lowest BCUT2D eigenvalue weighted by atomic mass is 10.3. The Balaban J connectivity index is 3.88. The van der Waals surface area contributed by atoms with Crippen molar-refractivity contribution in [2.45, 2.75) is 19.9 Å². The van der Waals surface area contributed by atoms with Gasteiger partial charge in [-0.2, -0.15) is 0 Å². The molecule has 0 aromatic heterocycles. The molecule has 9 heavy (non-hydrogen) atoms. The molecular formula is C6H13NO2. The Kier molecular flexibility index (Phi) is 2.51. The molecular weight excluding hydrogens is 118 g/mol. The number of hydrogen-bond acceptors (Lipinski definition) is 2. The van der Waals surface area contributed by atoms with Gasteiger partial charge in [-0.25, -0.2) is 0 Å². The van der Waals surface area contributed by atoms with Gasteiger partial charge < -0.3 is 5.11 Å². The van der Waals surface area contributed by atoms with E-state index in [1.54, 1.807) is 11.8 Å². The van der Waals surface area contributed by atoms with Gasteiger partial charge in [0, 0.05) is 1.37 Å². The van der Waals surface area contributed by atoms with E-state index in [1.807, 2.05) is 6.92 Å². The van der Waals surface area contributed by atoms with Crippen molar-refractivity contribution in [1.82, 2.24) is 4.90 Å². The third-order valence-electron chi connectivity index (χ3n) is 1.31. The standard InChI is InChI=1S/C6H13NO2/c1-4-7(3)5(2)6(8)9/h5H,4H2,1-3H3,(H,8,9)/t5-/m0/s1/i3D. The van der Waals surface area contributed by atoms with Crippen molar-refractivity contribution in [1.29, 1.82) is 0 Å². The van der Waals surface area contributed by atoms with Crippen LogP contribution in [0.3, 0.4) is 0 Å². The fraction of sp³-hybridized carbons (Fsp3) is 0.833. The Morgan fingerprint density at radius 3 is 2.67 bits per heavy atom. The summed E-state index contributed by atoms with van der Waals surface area (Å²) in [5.41, 5.74) is 0. The highest BCUT2D eigenvalue weighted by Crippen LogP contribution is 1.92. The minimum atomic E-state index is -0.867. The molecule has 0 aliphatic carbocycles. The van der Waals surface area contributed by atoms with Crippen LogP contribution in [-0.2, 0) is 4.79 Å². The number of nitrogens with zero attached hydrogens (tertiary/aromatic N) is 1. The van der Waals surface area contributed by atoms with Crippen LogP contribution in [-0.4, -0.2) is 35.6 Å². The number of hydrogen-bond donors (Lipinski definition) is 1. The summed E-state index contributed by atoms with van der Waals surface area (Å²) < 4.78 is 6.95. The van der Waals surface area contributed by atoms with Crippen molar-refractivity contribution in [2.24, 2.45) is 0 Å². The van der Waals surface area contributed by atoms with Crippen LogP contribution in [0.2, 0.25) is 0 Å². The average molecular weight is 132 g/mol. The third-order valence-corrected chi connectivity index (χ3v) is 1.31. The van der Waals surface area contributed by atoms with E-state index in [-0.39, 0.29) is 7.02 Å². The minimum Gasteiger partial charge on any atom is -0.480 e. The summed E-state index contributed by atoms with van der Waals surface area (Å²) in [6.45, 7) is 4.03. The highest BCUT2D eigenvalue weighted by molar-refractivity contribution is 5.72. The molecule has 1 N–H and O–H groups in total. The topological polar surface area (TPSA) is 40.5 Å². The molecule has 0 fully saturated rings. The average Bonchev–Trinajstić information content (AvgIpc) is 1.90. The normalized spacial score (nSPS) is 15.2. The second-order valence-electron chi connectivity index (χ2n) is 1.92. The number of aliphatic carboxylic acids is 1. The third kappa shape index (κ3) is 2.46. The Bertz CT molecular complexity index is 114. The lowest BCUT2D eigenvalue weighted by molar-refractivity contribution is -0.142. The van der Waals surface area contributed by atoms with E-state index in [4.69, 9.17) is 6.48 Å². The van der Waals surface area contributed by atoms with E-state index in [0.717, 1.165) is 0 Å². The molecule has 0 saturated heterocycles. The van der Waals surface area contributed by atoms with Gasteiger partial charge in [0.15, 0.2) is 0 Å². The zero-order valence-corrected chi connectivity index (χ0v) is 5.79. The van der Waals surface area contributed by atoms with E-state index in [2.05, 4.69) is 0 Å². The summed E-state index contributed by atoms with van der Waals surface area (Å²) in [5.74, 6) is -0.867. The molecule has 0 aromatic carbocycles. The van der Waals surface area contributed by atoms with Gasteiger partial charge in [-0.1, -0.05) is 6.92 Å². The zero-order valence-electron chi connectivity index (χ0n) is 6.79. The fourth-order valence-corrected chi connectivity index (χ4v) is 0.430. The molecule has 0 unspecified atom stereocenters. The molecule has 3 nitrogen and oxygen atoms in total. The minimum absolute atomic E-state index is 0.0456. The number of likely N-dealkylation sites (N-methyl/N-ethyl adjacent to an activating group) is 1. The van der Waals surface area contributed by atoms with Gasteiger partial charge in [0.05, 0.1) is 0 Å². The smallest absolute Gasteiger partial charge is 0.320 e. The summed E-state index contributed by atoms with van der Waals surface area (Å²) in [6, 6.07) is -0.539. The Labute approximate surface area is 56.7 Å². The first-order valence-corrected chi connectivity index (χ1v) is 2.89. The summed E-state index contributed by atoms with van der Waals surface area (Å²) in [5, 5.41) is 8.49. The van der Waals surface area contributed by atoms with Crippen molar-refractivity contribution in [2.75, 3.05) is 13.6 Å². The predicted molar refractivity (Wildman–Crippen MR) is 35.4 cm³/mol. The maximum Gasteiger partial charge on any atom is 0.320 e. The zero-order chi connectivity index (χ0) is 8.15. The highest BCUT2D eigenvalue weighted by atomic mass is 16.4. The van der Waals surface area contributed by atoms with Crippen molar-refractivity contribution in [3.05, 3.63) is 0 Å². The van der Waals surface area contributed by atoms with E-state index in [9.17, 15) is 4.79 Å². The molecule has 54 valence electrons. The summed E-state index contributed by atoms with van der Waals surface area (Å²) in [4.78, 5) is 11.9. The van der Waals surface area contributed by atoms with Crippen LogP contribution >= 0.6 is 0 Å². The molecule has 1 atom stereocenters. The van der Waals surface area contributed by atoms with Crippen molar-refractivity contribution < 1.29 is 11.3 Å². The van der Waals surface area contributed by atoms with Crippen LogP contribution in [0.1, 0.15) is 15.2 Å². The van der Waals surface area contributed by atoms with Gasteiger partial charge in [-0.05, 0) is 20.5 Å². The molecule has 0 aliphatic heterocycles. The summed E-state index contributed by atoms with van der Waals surface area (Å²) in [6.07, 6.45) is 0. The first kappa shape index (κ1) is 6.55. The molecule has 0 rings (SSSR count). The van der Waals surface area contributed by atoms with Crippen molar-refractivity contribution >= 4 is 5.97 Å². The molecule has 0 spiro atoms. The van der Waals surface area contributed by atoms with Crippen molar-refractivity contribution in [3.8, 4) is 0 Å². The molecule has 0 bridgehead atoms. The van der Waals surface area contributed by atoms with Crippen LogP contribution in [0.4, 0.5) is 0 Å². The van der Waals surface area contributed by atoms with Crippen LogP contribution in [0.15, 0.2) is 0 Å². The molecule has 0 saturated carbocycles. The molecule has 0 amide bonds. The largest absolute Gasteiger partial charge is 0.480 e. The van der Waals surface area contributed by atoms with E-state index in [0.29, 0.717) is 6.54 Å². The molecule has 0 heterocycles. The van der Waals surface area contributed by atoms with Crippen molar-refractivity contribution in [3.63, 3.8) is 0 Å². The van der Waals surface area contributed by atoms with Gasteiger partial charge >= 0.3 is 5.97 Å². The number of carboxylic acid groups (broad SMARTS) is 1. The van der Waals surface area contributed by atoms with E-state index in [1.165, 1.54) is 0 Å². The SMILES string of the molecule is [2H]CN(CC)[C@@H](C)C(=O)O. The fourth-order valence-electron chi connectivity index (χ4n) is 0.430. The summed E-state index contributed by atoms with van der Waals surface area (Å²) in [7, 11) is 0.0456. The Hall–Kier alpha value is -0.570. The monoisotopic (exact) mass is 132 g/mol. The molecule has 0 aliphatic rings. The Morgan fingerprint density at radius 1 is 2.00 bits per heavy atom. The molecule has 0 radical (unpaired) electrons. The van der Waals surface area contributed by atoms with Crippen LogP contribution in [0.25, 0.3) is 0 Å². The first-order valence-electron chi connectivity index (χ1n) is 3.60. The van der Waals surface area contributed by atoms with Gasteiger partial charge in [-0.3, -0.25) is 9.69 Å². The number of carboxylic acids is 1. The quantitative estimate of drug-likeness (QED) is 0.604. The molecule has 3 heteroatoms. The number of carbonyl (C=O) groups is 1. The van der Waals surface area contributed by atoms with Crippen LogP contribution < -0.4 is 0 Å². The first-order chi connectivity index (χ1) is 4.63. The lowest BCUT2D eigenvalue weighted by Gasteiger charge is -2.17. The van der Waals surface area contributed by atoms with Crippen LogP contribution in [0, 0.1) is 0 Å². The maximum absolute atomic E-state index is 10.3. The van der Waals surface area contributed by atoms with Gasteiger partial charge in [0.1, 0.15) is 6.04 Å². The Morgan fingerprint density at radius 2 is 2.56 bits per heavy atom. The molecule has 0 aromatic rings. The summed E-state index contributed by atoms with van der Waals surface area (Å²) >= 11 is 0. The number of rotatable bonds is 3. The van der Waals surface area contributed by atoms with Gasteiger partial charge in [0.25, 0.3) is 0 Å². The highest BCUT2D eigenvalue weighted by Gasteiger charge is 2.13.